The van der Waals surface area contributed by atoms with Crippen molar-refractivity contribution in [3.05, 3.63) is 90.2 Å². The van der Waals surface area contributed by atoms with Gasteiger partial charge < -0.3 is 4.74 Å². The molecule has 0 bridgehead atoms. The first-order valence-electron chi connectivity index (χ1n) is 9.36. The third-order valence-corrected chi connectivity index (χ3v) is 5.36. The van der Waals surface area contributed by atoms with Gasteiger partial charge in [-0.15, -0.1) is 10.2 Å². The van der Waals surface area contributed by atoms with E-state index in [9.17, 15) is 4.39 Å². The smallest absolute Gasteiger partial charge is 0.196 e. The Balaban J connectivity index is 1.71. The molecule has 0 aliphatic carbocycles. The first-order valence-corrected chi connectivity index (χ1v) is 10.3. The van der Waals surface area contributed by atoms with Crippen LogP contribution in [-0.4, -0.2) is 21.4 Å². The summed E-state index contributed by atoms with van der Waals surface area (Å²) in [4.78, 5) is 0. The molecule has 4 nitrogen and oxygen atoms in total. The molecular formula is C23H20FN3OS. The first-order chi connectivity index (χ1) is 14.3. The van der Waals surface area contributed by atoms with Crippen molar-refractivity contribution in [3.63, 3.8) is 0 Å². The van der Waals surface area contributed by atoms with Crippen molar-refractivity contribution < 1.29 is 9.13 Å². The summed E-state index contributed by atoms with van der Waals surface area (Å²) >= 11 is 1.46. The van der Waals surface area contributed by atoms with Crippen LogP contribution in [0.3, 0.4) is 0 Å². The van der Waals surface area contributed by atoms with Gasteiger partial charge in [-0.1, -0.05) is 60.3 Å². The van der Waals surface area contributed by atoms with E-state index in [-0.39, 0.29) is 5.82 Å². The average Bonchev–Trinajstić information content (AvgIpc) is 3.18. The molecule has 3 aromatic carbocycles. The van der Waals surface area contributed by atoms with Gasteiger partial charge in [-0.05, 0) is 42.8 Å². The van der Waals surface area contributed by atoms with Crippen molar-refractivity contribution in [1.29, 1.82) is 0 Å². The fraction of sp³-hybridized carbons (Fsp3) is 0.130. The summed E-state index contributed by atoms with van der Waals surface area (Å²) in [6.45, 7) is 2.57. The molecule has 0 radical (unpaired) electrons. The second kappa shape index (κ2) is 8.92. The van der Waals surface area contributed by atoms with Crippen molar-refractivity contribution in [3.8, 4) is 22.8 Å². The Morgan fingerprint density at radius 3 is 2.34 bits per heavy atom. The predicted octanol–water partition coefficient (Wildman–Crippen LogP) is 5.76. The van der Waals surface area contributed by atoms with Gasteiger partial charge in [0.1, 0.15) is 11.6 Å². The second-order valence-corrected chi connectivity index (χ2v) is 7.26. The highest BCUT2D eigenvalue weighted by Crippen LogP contribution is 2.30. The summed E-state index contributed by atoms with van der Waals surface area (Å²) in [7, 11) is 0. The van der Waals surface area contributed by atoms with Gasteiger partial charge in [0, 0.05) is 17.0 Å². The summed E-state index contributed by atoms with van der Waals surface area (Å²) in [6, 6.07) is 24.5. The lowest BCUT2D eigenvalue weighted by Crippen LogP contribution is -2.00. The second-order valence-electron chi connectivity index (χ2n) is 6.31. The molecule has 0 aliphatic rings. The number of rotatable bonds is 7. The molecule has 1 aromatic heterocycles. The SMILES string of the molecule is CCOc1ccc(-n2c(SCc3ccccc3F)nnc2-c2ccccc2)cc1. The number of hydrogen-bond donors (Lipinski definition) is 0. The van der Waals surface area contributed by atoms with E-state index in [1.165, 1.54) is 17.8 Å². The largest absolute Gasteiger partial charge is 0.494 e. The van der Waals surface area contributed by atoms with Gasteiger partial charge in [0.15, 0.2) is 11.0 Å². The highest BCUT2D eigenvalue weighted by molar-refractivity contribution is 7.98. The zero-order valence-corrected chi connectivity index (χ0v) is 16.8. The standard InChI is InChI=1S/C23H20FN3OS/c1-2-28-20-14-12-19(13-15-20)27-22(17-8-4-3-5-9-17)25-26-23(27)29-16-18-10-6-7-11-21(18)24/h3-15H,2,16H2,1H3. The van der Waals surface area contributed by atoms with Crippen LogP contribution in [0.4, 0.5) is 4.39 Å². The molecule has 146 valence electrons. The third kappa shape index (κ3) is 4.32. The summed E-state index contributed by atoms with van der Waals surface area (Å²) in [5, 5.41) is 9.52. The molecule has 0 amide bonds. The van der Waals surface area contributed by atoms with E-state index in [2.05, 4.69) is 10.2 Å². The van der Waals surface area contributed by atoms with Crippen LogP contribution in [0.5, 0.6) is 5.75 Å². The Hall–Kier alpha value is -3.12. The number of ether oxygens (including phenoxy) is 1. The Labute approximate surface area is 173 Å². The predicted molar refractivity (Wildman–Crippen MR) is 114 cm³/mol. The van der Waals surface area contributed by atoms with Crippen molar-refractivity contribution in [2.45, 2.75) is 17.8 Å². The lowest BCUT2D eigenvalue weighted by molar-refractivity contribution is 0.340. The lowest BCUT2D eigenvalue weighted by atomic mass is 10.2. The third-order valence-electron chi connectivity index (χ3n) is 4.39. The van der Waals surface area contributed by atoms with E-state index in [1.807, 2.05) is 72.2 Å². The van der Waals surface area contributed by atoms with Gasteiger partial charge in [0.2, 0.25) is 0 Å². The normalized spacial score (nSPS) is 10.8. The maximum Gasteiger partial charge on any atom is 0.196 e. The van der Waals surface area contributed by atoms with E-state index in [0.29, 0.717) is 23.1 Å². The van der Waals surface area contributed by atoms with Gasteiger partial charge in [0.05, 0.1) is 6.61 Å². The molecule has 0 unspecified atom stereocenters. The molecule has 4 rings (SSSR count). The van der Waals surface area contributed by atoms with Crippen molar-refractivity contribution in [2.75, 3.05) is 6.61 Å². The molecule has 1 heterocycles. The Kier molecular flexibility index (Phi) is 5.91. The zero-order chi connectivity index (χ0) is 20.1. The highest BCUT2D eigenvalue weighted by Gasteiger charge is 2.17. The lowest BCUT2D eigenvalue weighted by Gasteiger charge is -2.11. The van der Waals surface area contributed by atoms with Crippen molar-refractivity contribution in [1.82, 2.24) is 14.8 Å². The monoisotopic (exact) mass is 405 g/mol. The number of aromatic nitrogens is 3. The maximum absolute atomic E-state index is 14.0. The number of hydrogen-bond acceptors (Lipinski definition) is 4. The van der Waals surface area contributed by atoms with Crippen molar-refractivity contribution in [2.24, 2.45) is 0 Å². The van der Waals surface area contributed by atoms with Gasteiger partial charge in [-0.25, -0.2) is 4.39 Å². The Morgan fingerprint density at radius 2 is 1.62 bits per heavy atom. The molecule has 4 aromatic rings. The molecule has 0 fully saturated rings. The van der Waals surface area contributed by atoms with Crippen LogP contribution in [0.1, 0.15) is 12.5 Å². The topological polar surface area (TPSA) is 39.9 Å². The molecule has 0 aliphatic heterocycles. The van der Waals surface area contributed by atoms with E-state index < -0.39 is 0 Å². The quantitative estimate of drug-likeness (QED) is 0.366. The summed E-state index contributed by atoms with van der Waals surface area (Å²) in [6.07, 6.45) is 0. The molecular weight excluding hydrogens is 385 g/mol. The molecule has 0 saturated heterocycles. The molecule has 0 saturated carbocycles. The minimum atomic E-state index is -0.213. The van der Waals surface area contributed by atoms with Crippen LogP contribution < -0.4 is 4.74 Å². The van der Waals surface area contributed by atoms with E-state index in [4.69, 9.17) is 4.74 Å². The van der Waals surface area contributed by atoms with Gasteiger partial charge in [0.25, 0.3) is 0 Å². The molecule has 0 atom stereocenters. The number of halogens is 1. The zero-order valence-electron chi connectivity index (χ0n) is 16.0. The number of nitrogens with zero attached hydrogens (tertiary/aromatic N) is 3. The van der Waals surface area contributed by atoms with E-state index in [0.717, 1.165) is 22.8 Å². The highest BCUT2D eigenvalue weighted by atomic mass is 32.2. The van der Waals surface area contributed by atoms with Crippen molar-refractivity contribution >= 4 is 11.8 Å². The minimum absolute atomic E-state index is 0.213. The number of thioether (sulfide) groups is 1. The summed E-state index contributed by atoms with van der Waals surface area (Å²) in [5.74, 6) is 1.81. The molecule has 0 spiro atoms. The van der Waals surface area contributed by atoms with Crippen LogP contribution in [0.2, 0.25) is 0 Å². The van der Waals surface area contributed by atoms with Crippen LogP contribution in [0.25, 0.3) is 17.1 Å². The summed E-state index contributed by atoms with van der Waals surface area (Å²) in [5.41, 5.74) is 2.53. The van der Waals surface area contributed by atoms with Crippen LogP contribution in [-0.2, 0) is 5.75 Å². The molecule has 0 N–H and O–H groups in total. The van der Waals surface area contributed by atoms with E-state index in [1.54, 1.807) is 12.1 Å². The Morgan fingerprint density at radius 1 is 0.897 bits per heavy atom. The maximum atomic E-state index is 14.0. The minimum Gasteiger partial charge on any atom is -0.494 e. The van der Waals surface area contributed by atoms with Crippen LogP contribution in [0, 0.1) is 5.82 Å². The average molecular weight is 405 g/mol. The van der Waals surface area contributed by atoms with Gasteiger partial charge >= 0.3 is 0 Å². The summed E-state index contributed by atoms with van der Waals surface area (Å²) < 4.78 is 21.6. The fourth-order valence-corrected chi connectivity index (χ4v) is 3.92. The fourth-order valence-electron chi connectivity index (χ4n) is 2.99. The van der Waals surface area contributed by atoms with E-state index >= 15 is 0 Å². The van der Waals surface area contributed by atoms with Crippen LogP contribution >= 0.6 is 11.8 Å². The number of benzene rings is 3. The molecule has 29 heavy (non-hydrogen) atoms. The molecule has 6 heteroatoms. The first kappa shape index (κ1) is 19.2. The Bertz CT molecular complexity index is 1080. The van der Waals surface area contributed by atoms with Gasteiger partial charge in [-0.2, -0.15) is 0 Å². The van der Waals surface area contributed by atoms with Crippen LogP contribution in [0.15, 0.2) is 84.0 Å². The van der Waals surface area contributed by atoms with Gasteiger partial charge in [-0.3, -0.25) is 4.57 Å².